The molecule has 0 atom stereocenters. The number of halogens is 2. The van der Waals surface area contributed by atoms with Gasteiger partial charge in [-0.1, -0.05) is 92.5 Å². The zero-order valence-corrected chi connectivity index (χ0v) is 24.1. The van der Waals surface area contributed by atoms with E-state index in [1.165, 1.54) is 0 Å². The van der Waals surface area contributed by atoms with E-state index in [-0.39, 0.29) is 24.3 Å². The predicted octanol–water partition coefficient (Wildman–Crippen LogP) is 7.84. The first-order chi connectivity index (χ1) is 19.0. The van der Waals surface area contributed by atoms with Crippen molar-refractivity contribution in [2.75, 3.05) is 6.54 Å². The Morgan fingerprint density at radius 3 is 2.17 bits per heavy atom. The molecule has 6 nitrogen and oxygen atoms in total. The predicted molar refractivity (Wildman–Crippen MR) is 162 cm³/mol. The van der Waals surface area contributed by atoms with E-state index in [0.717, 1.165) is 33.6 Å². The van der Waals surface area contributed by atoms with Crippen molar-refractivity contribution in [1.29, 1.82) is 0 Å². The number of carboxylic acid groups (broad SMARTS) is 1. The van der Waals surface area contributed by atoms with Crippen molar-refractivity contribution < 1.29 is 14.7 Å². The van der Waals surface area contributed by atoms with Crippen LogP contribution in [0, 0.1) is 5.41 Å². The number of aliphatic carboxylic acids is 1. The molecule has 2 N–H and O–H groups in total. The van der Waals surface area contributed by atoms with Gasteiger partial charge in [0.25, 0.3) is 5.91 Å². The maximum Gasteiger partial charge on any atom is 0.305 e. The Morgan fingerprint density at radius 1 is 0.925 bits per heavy atom. The zero-order valence-electron chi connectivity index (χ0n) is 22.6. The molecule has 0 aliphatic rings. The molecule has 40 heavy (non-hydrogen) atoms. The molecule has 8 heteroatoms. The Kier molecular flexibility index (Phi) is 9.13. The molecule has 206 valence electrons. The van der Waals surface area contributed by atoms with E-state index < -0.39 is 5.97 Å². The van der Waals surface area contributed by atoms with Crippen LogP contribution in [-0.4, -0.2) is 33.3 Å². The van der Waals surface area contributed by atoms with E-state index in [0.29, 0.717) is 22.2 Å². The lowest BCUT2D eigenvalue weighted by Crippen LogP contribution is -2.25. The van der Waals surface area contributed by atoms with Gasteiger partial charge in [0.05, 0.1) is 24.4 Å². The van der Waals surface area contributed by atoms with Crippen LogP contribution in [0.15, 0.2) is 78.9 Å². The van der Waals surface area contributed by atoms with Gasteiger partial charge in [0, 0.05) is 27.7 Å². The smallest absolute Gasteiger partial charge is 0.305 e. The first kappa shape index (κ1) is 29.1. The van der Waals surface area contributed by atoms with Gasteiger partial charge in [-0.05, 0) is 58.5 Å². The van der Waals surface area contributed by atoms with Crippen LogP contribution in [0.25, 0.3) is 28.6 Å². The number of allylic oxidation sites excluding steroid dienone is 1. The van der Waals surface area contributed by atoms with E-state index in [1.54, 1.807) is 18.2 Å². The number of rotatable bonds is 9. The SMILES string of the molecule is CC(C)(C)/C=C/c1ccc(-c2cc(-c3cc(Cl)cc(Cl)c3)nn2Cc2ccc(C(=O)NCCC(=O)O)cc2)cc1. The summed E-state index contributed by atoms with van der Waals surface area (Å²) in [5.41, 5.74) is 6.11. The average Bonchev–Trinajstić information content (AvgIpc) is 3.31. The molecule has 1 heterocycles. The van der Waals surface area contributed by atoms with Gasteiger partial charge in [-0.3, -0.25) is 14.3 Å². The van der Waals surface area contributed by atoms with E-state index in [4.69, 9.17) is 33.4 Å². The third-order valence-electron chi connectivity index (χ3n) is 6.09. The summed E-state index contributed by atoms with van der Waals surface area (Å²) in [6, 6.07) is 22.9. The molecule has 0 saturated carbocycles. The third-order valence-corrected chi connectivity index (χ3v) is 6.53. The van der Waals surface area contributed by atoms with Gasteiger partial charge in [-0.2, -0.15) is 5.10 Å². The molecule has 1 amide bonds. The molecule has 4 rings (SSSR count). The van der Waals surface area contributed by atoms with Gasteiger partial charge in [0.1, 0.15) is 0 Å². The summed E-state index contributed by atoms with van der Waals surface area (Å²) in [6.45, 7) is 7.04. The Labute approximate surface area is 244 Å². The van der Waals surface area contributed by atoms with Crippen molar-refractivity contribution in [3.8, 4) is 22.5 Å². The number of nitrogens with zero attached hydrogens (tertiary/aromatic N) is 2. The standard InChI is InChI=1S/C32H31Cl2N3O3/c1-32(2,3)14-12-21-4-8-23(9-5-21)29-19-28(25-16-26(33)18-27(34)17-25)36-37(29)20-22-6-10-24(11-7-22)31(40)35-15-13-30(38)39/h4-12,14,16-19H,13,15,20H2,1-3H3,(H,35,40)(H,38,39)/b14-12+. The molecule has 0 aliphatic heterocycles. The van der Waals surface area contributed by atoms with E-state index >= 15 is 0 Å². The summed E-state index contributed by atoms with van der Waals surface area (Å²) in [4.78, 5) is 23.0. The van der Waals surface area contributed by atoms with Crippen LogP contribution >= 0.6 is 23.2 Å². The normalized spacial score (nSPS) is 11.6. The Hall–Kier alpha value is -3.87. The Balaban J connectivity index is 1.63. The van der Waals surface area contributed by atoms with E-state index in [9.17, 15) is 9.59 Å². The minimum Gasteiger partial charge on any atom is -0.481 e. The van der Waals surface area contributed by atoms with E-state index in [1.807, 2.05) is 35.0 Å². The number of carbonyl (C=O) groups is 2. The van der Waals surface area contributed by atoms with Crippen LogP contribution in [0.5, 0.6) is 0 Å². The van der Waals surface area contributed by atoms with Gasteiger partial charge < -0.3 is 10.4 Å². The highest BCUT2D eigenvalue weighted by Crippen LogP contribution is 2.31. The molecule has 0 aliphatic carbocycles. The summed E-state index contributed by atoms with van der Waals surface area (Å²) in [5.74, 6) is -1.27. The second-order valence-electron chi connectivity index (χ2n) is 10.6. The van der Waals surface area contributed by atoms with Crippen molar-refractivity contribution in [3.63, 3.8) is 0 Å². The summed E-state index contributed by atoms with van der Waals surface area (Å²) in [6.07, 6.45) is 4.18. The van der Waals surface area contributed by atoms with Crippen molar-refractivity contribution in [2.24, 2.45) is 5.41 Å². The number of amides is 1. The van der Waals surface area contributed by atoms with Gasteiger partial charge in [0.15, 0.2) is 0 Å². The zero-order chi connectivity index (χ0) is 28.9. The molecular formula is C32H31Cl2N3O3. The van der Waals surface area contributed by atoms with E-state index in [2.05, 4.69) is 62.5 Å². The topological polar surface area (TPSA) is 84.2 Å². The second-order valence-corrected chi connectivity index (χ2v) is 11.5. The highest BCUT2D eigenvalue weighted by molar-refractivity contribution is 6.35. The van der Waals surface area contributed by atoms with Crippen molar-refractivity contribution in [2.45, 2.75) is 33.7 Å². The Bertz CT molecular complexity index is 1510. The number of aromatic nitrogens is 2. The monoisotopic (exact) mass is 575 g/mol. The molecule has 0 saturated heterocycles. The van der Waals surface area contributed by atoms with Crippen LogP contribution in [-0.2, 0) is 11.3 Å². The summed E-state index contributed by atoms with van der Waals surface area (Å²) in [7, 11) is 0. The summed E-state index contributed by atoms with van der Waals surface area (Å²) in [5, 5.41) is 17.3. The first-order valence-electron chi connectivity index (χ1n) is 12.9. The van der Waals surface area contributed by atoms with Crippen LogP contribution in [0.4, 0.5) is 0 Å². The fraction of sp³-hybridized carbons (Fsp3) is 0.219. The fourth-order valence-electron chi connectivity index (χ4n) is 4.04. The number of carboxylic acids is 1. The maximum atomic E-state index is 12.3. The minimum atomic E-state index is -0.957. The number of nitrogens with one attached hydrogen (secondary N) is 1. The molecule has 0 unspecified atom stereocenters. The lowest BCUT2D eigenvalue weighted by Gasteiger charge is -2.11. The molecule has 0 spiro atoms. The average molecular weight is 577 g/mol. The summed E-state index contributed by atoms with van der Waals surface area (Å²) >= 11 is 12.5. The van der Waals surface area contributed by atoms with Crippen LogP contribution in [0.2, 0.25) is 10.0 Å². The van der Waals surface area contributed by atoms with Gasteiger partial charge >= 0.3 is 5.97 Å². The lowest BCUT2D eigenvalue weighted by atomic mass is 9.95. The number of benzene rings is 3. The largest absolute Gasteiger partial charge is 0.481 e. The van der Waals surface area contributed by atoms with Gasteiger partial charge in [-0.25, -0.2) is 0 Å². The molecule has 4 aromatic rings. The third kappa shape index (κ3) is 8.07. The molecule has 0 fully saturated rings. The van der Waals surface area contributed by atoms with Gasteiger partial charge in [-0.15, -0.1) is 0 Å². The first-order valence-corrected chi connectivity index (χ1v) is 13.7. The highest BCUT2D eigenvalue weighted by atomic mass is 35.5. The lowest BCUT2D eigenvalue weighted by molar-refractivity contribution is -0.136. The minimum absolute atomic E-state index is 0.0770. The number of hydrogen-bond acceptors (Lipinski definition) is 3. The van der Waals surface area contributed by atoms with Crippen molar-refractivity contribution in [1.82, 2.24) is 15.1 Å². The Morgan fingerprint density at radius 2 is 1.57 bits per heavy atom. The van der Waals surface area contributed by atoms with Gasteiger partial charge in [0.2, 0.25) is 0 Å². The molecule has 3 aromatic carbocycles. The fourth-order valence-corrected chi connectivity index (χ4v) is 4.57. The quantitative estimate of drug-likeness (QED) is 0.213. The summed E-state index contributed by atoms with van der Waals surface area (Å²) < 4.78 is 1.92. The highest BCUT2D eigenvalue weighted by Gasteiger charge is 2.14. The second kappa shape index (κ2) is 12.5. The van der Waals surface area contributed by atoms with Crippen molar-refractivity contribution >= 4 is 41.2 Å². The van der Waals surface area contributed by atoms with Crippen LogP contribution in [0.3, 0.4) is 0 Å². The number of hydrogen-bond donors (Lipinski definition) is 2. The number of carbonyl (C=O) groups excluding carboxylic acids is 1. The maximum absolute atomic E-state index is 12.3. The van der Waals surface area contributed by atoms with Crippen LogP contribution < -0.4 is 5.32 Å². The molecular weight excluding hydrogens is 545 g/mol. The van der Waals surface area contributed by atoms with Crippen molar-refractivity contribution in [3.05, 3.63) is 106 Å². The van der Waals surface area contributed by atoms with Crippen LogP contribution in [0.1, 0.15) is 48.7 Å². The molecule has 1 aromatic heterocycles. The molecule has 0 radical (unpaired) electrons. The molecule has 0 bridgehead atoms.